The second-order valence-corrected chi connectivity index (χ2v) is 3.56. The molecule has 1 rings (SSSR count). The number of aliphatic hydroxyl groups excluding tert-OH is 1. The van der Waals surface area contributed by atoms with Gasteiger partial charge in [-0.2, -0.15) is 5.06 Å². The number of Topliss-reactive ketones (excluding diaryl/α,β-unsaturated/α-hetero) is 1. The second-order valence-electron chi connectivity index (χ2n) is 3.56. The Morgan fingerprint density at radius 2 is 2.18 bits per heavy atom. The number of piperidine rings is 1. The molecular weight excluding hydrogens is 146 g/mol. The highest BCUT2D eigenvalue weighted by Crippen LogP contribution is 2.26. The van der Waals surface area contributed by atoms with Crippen molar-refractivity contribution in [1.82, 2.24) is 5.06 Å². The number of hydroxylamine groups is 2. The molecule has 1 heterocycles. The van der Waals surface area contributed by atoms with Crippen LogP contribution < -0.4 is 0 Å². The molecule has 1 atom stereocenters. The van der Waals surface area contributed by atoms with Gasteiger partial charge in [-0.05, 0) is 13.8 Å². The molecule has 0 bridgehead atoms. The first-order valence-corrected chi connectivity index (χ1v) is 3.61. The van der Waals surface area contributed by atoms with Crippen LogP contribution in [0.5, 0.6) is 0 Å². The van der Waals surface area contributed by atoms with Crippen LogP contribution in [-0.2, 0) is 4.79 Å². The van der Waals surface area contributed by atoms with E-state index in [1.165, 1.54) is 0 Å². The van der Waals surface area contributed by atoms with Crippen LogP contribution in [0.4, 0.5) is 0 Å². The summed E-state index contributed by atoms with van der Waals surface area (Å²) < 4.78 is 0. The average molecular weight is 159 g/mol. The molecule has 11 heavy (non-hydrogen) atoms. The number of ketones is 1. The molecule has 4 heteroatoms. The van der Waals surface area contributed by atoms with E-state index in [1.807, 2.05) is 0 Å². The van der Waals surface area contributed by atoms with E-state index in [9.17, 15) is 10.0 Å². The largest absolute Gasteiger partial charge is 0.376 e. The molecular formula is C7H13NO3. The first-order chi connectivity index (χ1) is 4.93. The SMILES string of the molecule is CC1(C)CC(=O)CC(O)N1O. The average Bonchev–Trinajstić information content (AvgIpc) is 1.81. The molecule has 1 unspecified atom stereocenters. The van der Waals surface area contributed by atoms with Gasteiger partial charge in [0, 0.05) is 12.8 Å². The Hall–Kier alpha value is -0.450. The van der Waals surface area contributed by atoms with Crippen molar-refractivity contribution in [3.63, 3.8) is 0 Å². The molecule has 1 fully saturated rings. The van der Waals surface area contributed by atoms with E-state index in [1.54, 1.807) is 13.8 Å². The van der Waals surface area contributed by atoms with Crippen molar-refractivity contribution in [3.8, 4) is 0 Å². The van der Waals surface area contributed by atoms with Gasteiger partial charge >= 0.3 is 0 Å². The Morgan fingerprint density at radius 1 is 1.64 bits per heavy atom. The fourth-order valence-electron chi connectivity index (χ4n) is 1.33. The lowest BCUT2D eigenvalue weighted by Gasteiger charge is -2.39. The predicted octanol–water partition coefficient (Wildman–Crippen LogP) is 0.138. The zero-order chi connectivity index (χ0) is 8.65. The van der Waals surface area contributed by atoms with Crippen LogP contribution in [0.15, 0.2) is 0 Å². The second kappa shape index (κ2) is 2.55. The van der Waals surface area contributed by atoms with Gasteiger partial charge in [0.1, 0.15) is 12.0 Å². The predicted molar refractivity (Wildman–Crippen MR) is 38.0 cm³/mol. The topological polar surface area (TPSA) is 60.8 Å². The van der Waals surface area contributed by atoms with E-state index in [2.05, 4.69) is 0 Å². The summed E-state index contributed by atoms with van der Waals surface area (Å²) >= 11 is 0. The first kappa shape index (κ1) is 8.64. The molecule has 0 aliphatic carbocycles. The summed E-state index contributed by atoms with van der Waals surface area (Å²) in [5.41, 5.74) is -0.630. The Morgan fingerprint density at radius 3 is 2.64 bits per heavy atom. The molecule has 0 spiro atoms. The number of rotatable bonds is 0. The number of hydrogen-bond acceptors (Lipinski definition) is 4. The molecule has 0 aromatic heterocycles. The molecule has 64 valence electrons. The third kappa shape index (κ3) is 1.58. The normalized spacial score (nSPS) is 32.4. The minimum Gasteiger partial charge on any atom is -0.376 e. The Balaban J connectivity index is 2.75. The van der Waals surface area contributed by atoms with Gasteiger partial charge in [0.2, 0.25) is 0 Å². The van der Waals surface area contributed by atoms with E-state index >= 15 is 0 Å². The van der Waals surface area contributed by atoms with Crippen LogP contribution >= 0.6 is 0 Å². The summed E-state index contributed by atoms with van der Waals surface area (Å²) in [5, 5.41) is 19.2. The van der Waals surface area contributed by atoms with Crippen LogP contribution in [0.2, 0.25) is 0 Å². The third-order valence-electron chi connectivity index (χ3n) is 1.94. The molecule has 2 N–H and O–H groups in total. The zero-order valence-electron chi connectivity index (χ0n) is 6.74. The Bertz CT molecular complexity index is 179. The van der Waals surface area contributed by atoms with Gasteiger partial charge in [-0.1, -0.05) is 0 Å². The molecule has 1 aliphatic heterocycles. The van der Waals surface area contributed by atoms with Crippen LogP contribution in [-0.4, -0.2) is 32.9 Å². The standard InChI is InChI=1S/C7H13NO3/c1-7(2)4-5(9)3-6(10)8(7)11/h6,10-11H,3-4H2,1-2H3. The van der Waals surface area contributed by atoms with Gasteiger partial charge in [-0.25, -0.2) is 0 Å². The molecule has 0 aromatic rings. The maximum absolute atomic E-state index is 10.9. The molecule has 0 radical (unpaired) electrons. The van der Waals surface area contributed by atoms with Gasteiger partial charge < -0.3 is 10.3 Å². The number of nitrogens with zero attached hydrogens (tertiary/aromatic N) is 1. The van der Waals surface area contributed by atoms with Gasteiger partial charge in [0.25, 0.3) is 0 Å². The van der Waals surface area contributed by atoms with Crippen molar-refractivity contribution in [1.29, 1.82) is 0 Å². The van der Waals surface area contributed by atoms with Crippen molar-refractivity contribution in [3.05, 3.63) is 0 Å². The lowest BCUT2D eigenvalue weighted by Crippen LogP contribution is -2.53. The van der Waals surface area contributed by atoms with E-state index < -0.39 is 11.8 Å². The van der Waals surface area contributed by atoms with Gasteiger partial charge in [0.15, 0.2) is 0 Å². The number of aliphatic hydroxyl groups is 1. The Labute approximate surface area is 65.4 Å². The van der Waals surface area contributed by atoms with Crippen LogP contribution in [0.3, 0.4) is 0 Å². The third-order valence-corrected chi connectivity index (χ3v) is 1.94. The monoisotopic (exact) mass is 159 g/mol. The molecule has 4 nitrogen and oxygen atoms in total. The lowest BCUT2D eigenvalue weighted by molar-refractivity contribution is -0.259. The van der Waals surface area contributed by atoms with Crippen molar-refractivity contribution >= 4 is 5.78 Å². The highest BCUT2D eigenvalue weighted by molar-refractivity contribution is 5.80. The van der Waals surface area contributed by atoms with Crippen molar-refractivity contribution in [2.45, 2.75) is 38.5 Å². The van der Waals surface area contributed by atoms with Gasteiger partial charge in [-0.15, -0.1) is 0 Å². The molecule has 0 saturated carbocycles. The van der Waals surface area contributed by atoms with Crippen LogP contribution in [0, 0.1) is 0 Å². The van der Waals surface area contributed by atoms with E-state index in [4.69, 9.17) is 5.11 Å². The summed E-state index contributed by atoms with van der Waals surface area (Å²) in [5.74, 6) is -0.00667. The zero-order valence-corrected chi connectivity index (χ0v) is 6.74. The van der Waals surface area contributed by atoms with Gasteiger partial charge in [-0.3, -0.25) is 4.79 Å². The van der Waals surface area contributed by atoms with Crippen LogP contribution in [0.25, 0.3) is 0 Å². The summed E-state index contributed by atoms with van der Waals surface area (Å²) in [6, 6.07) is 0. The molecule has 0 amide bonds. The van der Waals surface area contributed by atoms with Crippen molar-refractivity contribution in [2.75, 3.05) is 0 Å². The summed E-state index contributed by atoms with van der Waals surface area (Å²) in [7, 11) is 0. The fraction of sp³-hybridized carbons (Fsp3) is 0.857. The van der Waals surface area contributed by atoms with E-state index in [0.29, 0.717) is 6.42 Å². The molecule has 1 aliphatic rings. The lowest BCUT2D eigenvalue weighted by atomic mass is 9.91. The number of carbonyl (C=O) groups is 1. The van der Waals surface area contributed by atoms with Crippen LogP contribution in [0.1, 0.15) is 26.7 Å². The summed E-state index contributed by atoms with van der Waals surface area (Å²) in [6.07, 6.45) is -0.716. The Kier molecular flexibility index (Phi) is 2.00. The number of hydrogen-bond donors (Lipinski definition) is 2. The minimum atomic E-state index is -1.04. The maximum atomic E-state index is 10.9. The molecule has 0 aromatic carbocycles. The van der Waals surface area contributed by atoms with Crippen molar-refractivity contribution < 1.29 is 15.1 Å². The highest BCUT2D eigenvalue weighted by Gasteiger charge is 2.38. The quantitative estimate of drug-likeness (QED) is 0.527. The summed E-state index contributed by atoms with van der Waals surface area (Å²) in [6.45, 7) is 3.43. The minimum absolute atomic E-state index is 0.00667. The maximum Gasteiger partial charge on any atom is 0.138 e. The van der Waals surface area contributed by atoms with E-state index in [-0.39, 0.29) is 12.2 Å². The smallest absolute Gasteiger partial charge is 0.138 e. The summed E-state index contributed by atoms with van der Waals surface area (Å²) in [4.78, 5) is 10.9. The number of carbonyl (C=O) groups excluding carboxylic acids is 1. The first-order valence-electron chi connectivity index (χ1n) is 3.61. The van der Waals surface area contributed by atoms with Crippen molar-refractivity contribution in [2.24, 2.45) is 0 Å². The fourth-order valence-corrected chi connectivity index (χ4v) is 1.33. The van der Waals surface area contributed by atoms with Gasteiger partial charge in [0.05, 0.1) is 5.54 Å². The van der Waals surface area contributed by atoms with E-state index in [0.717, 1.165) is 5.06 Å². The highest BCUT2D eigenvalue weighted by atomic mass is 16.5. The molecule has 1 saturated heterocycles.